The van der Waals surface area contributed by atoms with Crippen molar-refractivity contribution in [2.75, 3.05) is 13.1 Å². The Balaban J connectivity index is 0.000000249. The first-order chi connectivity index (χ1) is 7.97. The van der Waals surface area contributed by atoms with Gasteiger partial charge < -0.3 is 10.6 Å². The van der Waals surface area contributed by atoms with Crippen molar-refractivity contribution in [1.29, 1.82) is 0 Å². The second-order valence-corrected chi connectivity index (χ2v) is 74.9. The van der Waals surface area contributed by atoms with E-state index in [4.69, 9.17) is 0 Å². The topological polar surface area (TPSA) is 28.2 Å². The number of hydrogen-bond acceptors (Lipinski definition) is 0. The molecule has 1 saturated heterocycles. The van der Waals surface area contributed by atoms with Gasteiger partial charge in [0, 0.05) is 0 Å². The quantitative estimate of drug-likeness (QED) is 0.323. The Labute approximate surface area is 132 Å². The summed E-state index contributed by atoms with van der Waals surface area (Å²) >= 11 is 13.3. The van der Waals surface area contributed by atoms with Crippen molar-refractivity contribution >= 4 is 53.7 Å². The molecular weight excluding hydrogens is 654 g/mol. The Morgan fingerprint density at radius 2 is 1.88 bits per heavy atom. The van der Waals surface area contributed by atoms with Crippen LogP contribution < -0.4 is 0 Å². The van der Waals surface area contributed by atoms with E-state index in [1.165, 1.54) is 25.0 Å². The molecule has 2 aliphatic rings. The minimum atomic E-state index is -1.86. The molecule has 0 bridgehead atoms. The number of rotatable bonds is 1. The van der Waals surface area contributed by atoms with Crippen molar-refractivity contribution in [3.63, 3.8) is 0 Å². The van der Waals surface area contributed by atoms with E-state index in [2.05, 4.69) is 82.6 Å². The van der Waals surface area contributed by atoms with E-state index < -0.39 is 7.47 Å². The van der Waals surface area contributed by atoms with E-state index in [1.54, 1.807) is 0 Å². The van der Waals surface area contributed by atoms with Crippen molar-refractivity contribution in [1.82, 2.24) is 0 Å². The van der Waals surface area contributed by atoms with Crippen LogP contribution in [-0.2, 0) is 7.47 Å². The molecule has 0 radical (unpaired) electrons. The summed E-state index contributed by atoms with van der Waals surface area (Å²) in [6.45, 7) is 1.87. The van der Waals surface area contributed by atoms with Gasteiger partial charge in [0.25, 0.3) is 0 Å². The second-order valence-electron chi connectivity index (χ2n) is 3.60. The molecule has 0 aromatic carbocycles. The first-order valence-corrected chi connectivity index (χ1v) is 29.0. The fraction of sp³-hybridized carbons (Fsp3) is 0.600. The summed E-state index contributed by atoms with van der Waals surface area (Å²) in [6.07, 6.45) is 10.0. The van der Waals surface area contributed by atoms with E-state index in [1.807, 2.05) is 0 Å². The summed E-state index contributed by atoms with van der Waals surface area (Å²) in [5.41, 5.74) is 1.19. The normalized spacial score (nSPS) is 25.2. The van der Waals surface area contributed by atoms with Crippen LogP contribution in [0.2, 0.25) is 0 Å². The van der Waals surface area contributed by atoms with Crippen LogP contribution in [0.3, 0.4) is 0 Å². The minimum absolute atomic E-state index is 0.406. The molecule has 2 heterocycles. The van der Waals surface area contributed by atoms with Crippen molar-refractivity contribution in [2.24, 2.45) is 0 Å². The number of hydrogen-bond donors (Lipinski definition) is 0. The SMILES string of the molecule is C1=CC[N-]C(C2CCCC[N-]2)=C1.[Br][Re]([Br])([Br])[Br]. The third kappa shape index (κ3) is 9.37. The average Bonchev–Trinajstić information content (AvgIpc) is 2.29. The molecule has 0 spiro atoms. The Morgan fingerprint density at radius 3 is 2.35 bits per heavy atom. The van der Waals surface area contributed by atoms with Gasteiger partial charge in [0.05, 0.1) is 0 Å². The van der Waals surface area contributed by atoms with Gasteiger partial charge in [-0.2, -0.15) is 5.70 Å². The maximum atomic E-state index is 4.56. The Bertz CT molecular complexity index is 277. The molecule has 0 aromatic rings. The average molecular weight is 668 g/mol. The molecule has 1 unspecified atom stereocenters. The maximum absolute atomic E-state index is 4.56. The zero-order valence-corrected chi connectivity index (χ0v) is 18.2. The van der Waals surface area contributed by atoms with Crippen molar-refractivity contribution in [3.05, 3.63) is 34.6 Å². The predicted molar refractivity (Wildman–Crippen MR) is 87.0 cm³/mol. The molecule has 101 valence electrons. The molecule has 0 saturated carbocycles. The summed E-state index contributed by atoms with van der Waals surface area (Å²) in [7, 11) is -1.86. The number of allylic oxidation sites excluding steroid dienone is 2. The van der Waals surface area contributed by atoms with Gasteiger partial charge in [-0.05, 0) is 0 Å². The number of piperidine rings is 1. The summed E-state index contributed by atoms with van der Waals surface area (Å²) in [4.78, 5) is 0. The number of halogens is 4. The van der Waals surface area contributed by atoms with Gasteiger partial charge in [0.15, 0.2) is 0 Å². The summed E-state index contributed by atoms with van der Waals surface area (Å²) in [5.74, 6) is 0. The molecule has 1 atom stereocenters. The molecule has 0 amide bonds. The first-order valence-electron chi connectivity index (χ1n) is 5.25. The molecule has 0 N–H and O–H groups in total. The standard InChI is InChI=1S/C10H14N2.4BrH.Re/c1-3-7-11-9(5-1)10-6-2-4-8-12-10;;;;;/h1,3,5,10H,2,4,6-8H2;4*1H;/q-2;;;;;+4/p-4. The van der Waals surface area contributed by atoms with E-state index in [9.17, 15) is 0 Å². The molecule has 17 heavy (non-hydrogen) atoms. The van der Waals surface area contributed by atoms with Crippen LogP contribution in [0.4, 0.5) is 0 Å². The number of nitrogens with zero attached hydrogens (tertiary/aromatic N) is 2. The van der Waals surface area contributed by atoms with Crippen LogP contribution in [0.25, 0.3) is 10.6 Å². The summed E-state index contributed by atoms with van der Waals surface area (Å²) in [6, 6.07) is 0.406. The van der Waals surface area contributed by atoms with Gasteiger partial charge in [0.2, 0.25) is 0 Å². The van der Waals surface area contributed by atoms with Gasteiger partial charge in [-0.15, -0.1) is 25.2 Å². The van der Waals surface area contributed by atoms with E-state index in [0.717, 1.165) is 13.1 Å². The predicted octanol–water partition coefficient (Wildman–Crippen LogP) is 6.12. The molecule has 2 rings (SSSR count). The van der Waals surface area contributed by atoms with Crippen LogP contribution in [0.1, 0.15) is 19.3 Å². The van der Waals surface area contributed by atoms with Crippen molar-refractivity contribution in [2.45, 2.75) is 25.3 Å². The Hall–Kier alpha value is 1.82. The second kappa shape index (κ2) is 8.89. The zero-order valence-electron chi connectivity index (χ0n) is 9.13. The summed E-state index contributed by atoms with van der Waals surface area (Å²) in [5, 5.41) is 8.99. The van der Waals surface area contributed by atoms with Gasteiger partial charge in [-0.3, -0.25) is 0 Å². The fourth-order valence-electron chi connectivity index (χ4n) is 1.68. The fourth-order valence-corrected chi connectivity index (χ4v) is 1.68. The molecule has 1 fully saturated rings. The van der Waals surface area contributed by atoms with Gasteiger partial charge in [-0.1, -0.05) is 31.4 Å². The van der Waals surface area contributed by atoms with E-state index >= 15 is 0 Å². The molecular formula is C10H14Br4N2Re-2. The van der Waals surface area contributed by atoms with Crippen LogP contribution >= 0.6 is 53.7 Å². The Morgan fingerprint density at radius 1 is 1.18 bits per heavy atom. The van der Waals surface area contributed by atoms with Crippen LogP contribution in [-0.4, -0.2) is 19.1 Å². The van der Waals surface area contributed by atoms with Crippen LogP contribution in [0.5, 0.6) is 0 Å². The Kier molecular flexibility index (Phi) is 8.82. The van der Waals surface area contributed by atoms with Gasteiger partial charge >= 0.3 is 61.2 Å². The molecule has 0 aromatic heterocycles. The van der Waals surface area contributed by atoms with Gasteiger partial charge in [0.1, 0.15) is 0 Å². The van der Waals surface area contributed by atoms with Crippen LogP contribution in [0, 0.1) is 0 Å². The monoisotopic (exact) mass is 665 g/mol. The molecule has 0 aliphatic carbocycles. The molecule has 7 heteroatoms. The van der Waals surface area contributed by atoms with Gasteiger partial charge in [-0.25, -0.2) is 0 Å². The van der Waals surface area contributed by atoms with Crippen molar-refractivity contribution in [3.8, 4) is 0 Å². The molecule has 2 aliphatic heterocycles. The zero-order chi connectivity index (χ0) is 12.7. The van der Waals surface area contributed by atoms with E-state index in [0.29, 0.717) is 6.04 Å². The first kappa shape index (κ1) is 16.9. The third-order valence-electron chi connectivity index (χ3n) is 2.36. The van der Waals surface area contributed by atoms with Crippen LogP contribution in [0.15, 0.2) is 23.9 Å². The van der Waals surface area contributed by atoms with E-state index in [-0.39, 0.29) is 0 Å². The summed E-state index contributed by atoms with van der Waals surface area (Å²) < 4.78 is 0. The van der Waals surface area contributed by atoms with Crippen molar-refractivity contribution < 1.29 is 7.47 Å². The third-order valence-corrected chi connectivity index (χ3v) is 2.36. The molecule has 2 nitrogen and oxygen atoms in total.